The third kappa shape index (κ3) is 7.75. The van der Waals surface area contributed by atoms with Gasteiger partial charge in [-0.1, -0.05) is 6.92 Å². The van der Waals surface area contributed by atoms with E-state index in [0.717, 1.165) is 0 Å². The zero-order valence-corrected chi connectivity index (χ0v) is 23.0. The molecule has 1 aromatic heterocycles. The number of halogens is 1. The number of nitrogens with zero attached hydrogens (tertiary/aromatic N) is 6. The molecule has 2 heterocycles. The second kappa shape index (κ2) is 13.2. The third-order valence-electron chi connectivity index (χ3n) is 6.79. The van der Waals surface area contributed by atoms with E-state index in [1.807, 2.05) is 6.92 Å². The molecule has 0 saturated carbocycles. The van der Waals surface area contributed by atoms with E-state index < -0.39 is 24.0 Å². The summed E-state index contributed by atoms with van der Waals surface area (Å²) in [5.74, 6) is -0.753. The highest BCUT2D eigenvalue weighted by atomic mass is 19.1. The zero-order valence-electron chi connectivity index (χ0n) is 23.0. The van der Waals surface area contributed by atoms with Crippen molar-refractivity contribution in [2.45, 2.75) is 39.0 Å². The average molecular weight is 569 g/mol. The number of carbonyl (C=O) groups is 3. The molecule has 1 aliphatic rings. The first-order valence-electron chi connectivity index (χ1n) is 13.1. The molecule has 0 radical (unpaired) electrons. The van der Waals surface area contributed by atoms with Crippen molar-refractivity contribution in [2.75, 3.05) is 37.4 Å². The fourth-order valence-electron chi connectivity index (χ4n) is 4.43. The molecule has 3 N–H and O–H groups in total. The number of nitrogens with one attached hydrogen (secondary N) is 2. The molecule has 41 heavy (non-hydrogen) atoms. The minimum absolute atomic E-state index is 0.0172. The molecule has 13 nitrogen and oxygen atoms in total. The van der Waals surface area contributed by atoms with Gasteiger partial charge in [0.25, 0.3) is 0 Å². The fourth-order valence-corrected chi connectivity index (χ4v) is 4.43. The van der Waals surface area contributed by atoms with Crippen molar-refractivity contribution in [2.24, 2.45) is 5.92 Å². The maximum atomic E-state index is 13.4. The van der Waals surface area contributed by atoms with Crippen LogP contribution in [0.5, 0.6) is 5.75 Å². The van der Waals surface area contributed by atoms with Crippen LogP contribution < -0.4 is 15.4 Å². The van der Waals surface area contributed by atoms with E-state index in [9.17, 15) is 23.9 Å². The molecule has 3 aromatic rings. The average Bonchev–Trinajstić information content (AvgIpc) is 3.46. The zero-order chi connectivity index (χ0) is 29.5. The number of urea groups is 1. The van der Waals surface area contributed by atoms with Crippen molar-refractivity contribution in [1.82, 2.24) is 30.0 Å². The number of anilines is 2. The number of benzene rings is 2. The number of aliphatic hydroxyl groups excluding tert-OH is 1. The van der Waals surface area contributed by atoms with Crippen LogP contribution in [0, 0.1) is 11.7 Å². The summed E-state index contributed by atoms with van der Waals surface area (Å²) in [5.41, 5.74) is 1.45. The predicted octanol–water partition coefficient (Wildman–Crippen LogP) is 1.76. The van der Waals surface area contributed by atoms with Gasteiger partial charge in [0.15, 0.2) is 0 Å². The Morgan fingerprint density at radius 3 is 2.61 bits per heavy atom. The molecule has 218 valence electrons. The van der Waals surface area contributed by atoms with E-state index in [1.54, 1.807) is 37.1 Å². The summed E-state index contributed by atoms with van der Waals surface area (Å²) < 4.78 is 20.9. The van der Waals surface area contributed by atoms with Crippen molar-refractivity contribution in [1.29, 1.82) is 0 Å². The number of amides is 4. The fraction of sp³-hybridized carbons (Fsp3) is 0.407. The highest BCUT2D eigenvalue weighted by Gasteiger charge is 2.32. The van der Waals surface area contributed by atoms with Gasteiger partial charge < -0.3 is 30.3 Å². The van der Waals surface area contributed by atoms with E-state index in [0.29, 0.717) is 29.2 Å². The van der Waals surface area contributed by atoms with Crippen LogP contribution in [-0.2, 0) is 22.6 Å². The van der Waals surface area contributed by atoms with E-state index in [1.165, 1.54) is 40.2 Å². The second-order valence-corrected chi connectivity index (χ2v) is 10.1. The molecule has 0 saturated heterocycles. The molecule has 0 spiro atoms. The number of rotatable bonds is 8. The Hall–Kier alpha value is -4.59. The van der Waals surface area contributed by atoms with Gasteiger partial charge in [0, 0.05) is 36.4 Å². The standard InChI is InChI=1S/C27H33FN8O5/c1-17-12-36(18(2)15-37)26(39)11-19-10-22(30-25(38)14-35-16-29-32-33-35)8-9-23(19)41-24(17)13-34(3)27(40)31-21-6-4-20(28)5-7-21/h4-10,16-18,24,37H,11-15H2,1-3H3,(H,30,38)(H,31,40)/t17-,18-,24-/m0/s1. The van der Waals surface area contributed by atoms with Crippen LogP contribution in [-0.4, -0.2) is 91.8 Å². The van der Waals surface area contributed by atoms with E-state index in [-0.39, 0.29) is 43.8 Å². The molecule has 2 aromatic carbocycles. The first kappa shape index (κ1) is 29.4. The van der Waals surface area contributed by atoms with Crippen LogP contribution >= 0.6 is 0 Å². The second-order valence-electron chi connectivity index (χ2n) is 10.1. The normalized spacial score (nSPS) is 17.8. The SMILES string of the molecule is C[C@H]1CN([C@@H](C)CO)C(=O)Cc2cc(NC(=O)Cn3cnnn3)ccc2O[C@H]1CN(C)C(=O)Nc1ccc(F)cc1. The molecule has 14 heteroatoms. The number of fused-ring (bicyclic) bond motifs is 1. The van der Waals surface area contributed by atoms with Crippen LogP contribution in [0.4, 0.5) is 20.6 Å². The number of tetrazole rings is 1. The van der Waals surface area contributed by atoms with Crippen LogP contribution in [0.3, 0.4) is 0 Å². The van der Waals surface area contributed by atoms with E-state index >= 15 is 0 Å². The monoisotopic (exact) mass is 568 g/mol. The number of hydrogen-bond acceptors (Lipinski definition) is 8. The largest absolute Gasteiger partial charge is 0.488 e. The van der Waals surface area contributed by atoms with Gasteiger partial charge in [-0.2, -0.15) is 0 Å². The summed E-state index contributed by atoms with van der Waals surface area (Å²) in [7, 11) is 1.62. The smallest absolute Gasteiger partial charge is 0.321 e. The Morgan fingerprint density at radius 1 is 1.20 bits per heavy atom. The Labute approximate surface area is 236 Å². The Morgan fingerprint density at radius 2 is 1.93 bits per heavy atom. The van der Waals surface area contributed by atoms with E-state index in [4.69, 9.17) is 4.74 Å². The minimum Gasteiger partial charge on any atom is -0.488 e. The topological polar surface area (TPSA) is 155 Å². The number of aliphatic hydroxyl groups is 1. The van der Waals surface area contributed by atoms with Gasteiger partial charge in [0.2, 0.25) is 11.8 Å². The highest BCUT2D eigenvalue weighted by Crippen LogP contribution is 2.29. The molecule has 1 aliphatic heterocycles. The molecule has 0 aliphatic carbocycles. The minimum atomic E-state index is -0.530. The molecular formula is C27H33FN8O5. The lowest BCUT2D eigenvalue weighted by molar-refractivity contribution is -0.134. The molecule has 0 fully saturated rings. The third-order valence-corrected chi connectivity index (χ3v) is 6.79. The van der Waals surface area contributed by atoms with Gasteiger partial charge in [-0.25, -0.2) is 13.9 Å². The summed E-state index contributed by atoms with van der Waals surface area (Å²) in [5, 5.41) is 26.0. The molecule has 4 rings (SSSR count). The lowest BCUT2D eigenvalue weighted by atomic mass is 10.0. The lowest BCUT2D eigenvalue weighted by Crippen LogP contribution is -2.48. The maximum absolute atomic E-state index is 13.4. The lowest BCUT2D eigenvalue weighted by Gasteiger charge is -2.34. The van der Waals surface area contributed by atoms with Gasteiger partial charge in [0.1, 0.15) is 30.5 Å². The molecular weight excluding hydrogens is 535 g/mol. The maximum Gasteiger partial charge on any atom is 0.321 e. The number of ether oxygens (including phenoxy) is 1. The number of likely N-dealkylation sites (N-methyl/N-ethyl adjacent to an activating group) is 1. The van der Waals surface area contributed by atoms with Crippen LogP contribution in [0.2, 0.25) is 0 Å². The van der Waals surface area contributed by atoms with Crippen LogP contribution in [0.25, 0.3) is 0 Å². The van der Waals surface area contributed by atoms with Crippen molar-refractivity contribution >= 4 is 29.2 Å². The summed E-state index contributed by atoms with van der Waals surface area (Å²) in [4.78, 5) is 41.8. The van der Waals surface area contributed by atoms with E-state index in [2.05, 4.69) is 26.2 Å². The number of aromatic nitrogens is 4. The van der Waals surface area contributed by atoms with Crippen molar-refractivity contribution in [3.8, 4) is 5.75 Å². The summed E-state index contributed by atoms with van der Waals surface area (Å²) in [6, 6.07) is 9.61. The van der Waals surface area contributed by atoms with Crippen molar-refractivity contribution in [3.63, 3.8) is 0 Å². The van der Waals surface area contributed by atoms with Gasteiger partial charge in [-0.05, 0) is 59.8 Å². The number of carbonyl (C=O) groups excluding carboxylic acids is 3. The molecule has 4 amide bonds. The predicted molar refractivity (Wildman–Crippen MR) is 146 cm³/mol. The quantitative estimate of drug-likeness (QED) is 0.371. The highest BCUT2D eigenvalue weighted by molar-refractivity contribution is 5.91. The summed E-state index contributed by atoms with van der Waals surface area (Å²) in [6.07, 6.45) is 0.777. The molecule has 0 bridgehead atoms. The Balaban J connectivity index is 1.55. The van der Waals surface area contributed by atoms with Crippen LogP contribution in [0.15, 0.2) is 48.8 Å². The van der Waals surface area contributed by atoms with Gasteiger partial charge in [-0.15, -0.1) is 5.10 Å². The van der Waals surface area contributed by atoms with Crippen LogP contribution in [0.1, 0.15) is 19.4 Å². The van der Waals surface area contributed by atoms with Crippen molar-refractivity contribution in [3.05, 3.63) is 60.2 Å². The first-order valence-corrected chi connectivity index (χ1v) is 13.1. The number of hydrogen-bond donors (Lipinski definition) is 3. The molecule has 0 unspecified atom stereocenters. The Kier molecular flexibility index (Phi) is 9.45. The first-order chi connectivity index (χ1) is 19.6. The Bertz CT molecular complexity index is 1350. The van der Waals surface area contributed by atoms with Crippen molar-refractivity contribution < 1.29 is 28.6 Å². The van der Waals surface area contributed by atoms with Gasteiger partial charge in [0.05, 0.1) is 25.6 Å². The summed E-state index contributed by atoms with van der Waals surface area (Å²) >= 11 is 0. The van der Waals surface area contributed by atoms with Gasteiger partial charge >= 0.3 is 6.03 Å². The van der Waals surface area contributed by atoms with Gasteiger partial charge in [-0.3, -0.25) is 9.59 Å². The molecule has 3 atom stereocenters. The summed E-state index contributed by atoms with van der Waals surface area (Å²) in [6.45, 7) is 3.84.